The first-order valence-electron chi connectivity index (χ1n) is 6.43. The Morgan fingerprint density at radius 3 is 2.89 bits per heavy atom. The van der Waals surface area contributed by atoms with Gasteiger partial charge in [-0.1, -0.05) is 0 Å². The molecule has 0 radical (unpaired) electrons. The van der Waals surface area contributed by atoms with E-state index >= 15 is 0 Å². The van der Waals surface area contributed by atoms with Crippen molar-refractivity contribution in [2.24, 2.45) is 0 Å². The molecule has 98 valence electrons. The van der Waals surface area contributed by atoms with Gasteiger partial charge in [0.15, 0.2) is 5.82 Å². The first kappa shape index (κ1) is 11.9. The lowest BCUT2D eigenvalue weighted by molar-refractivity contribution is 0.0695. The van der Waals surface area contributed by atoms with Crippen LogP contribution in [0, 0.1) is 6.92 Å². The third-order valence-electron chi connectivity index (χ3n) is 3.61. The van der Waals surface area contributed by atoms with Crippen molar-refractivity contribution >= 4 is 5.97 Å². The van der Waals surface area contributed by atoms with E-state index in [1.54, 1.807) is 25.5 Å². The van der Waals surface area contributed by atoms with E-state index in [9.17, 15) is 9.90 Å². The smallest absolute Gasteiger partial charge is 0.339 e. The molecule has 0 aromatic carbocycles. The summed E-state index contributed by atoms with van der Waals surface area (Å²) in [5.41, 5.74) is 3.15. The summed E-state index contributed by atoms with van der Waals surface area (Å²) in [6.45, 7) is 1.79. The SMILES string of the molecule is Cc1ccnc(-n2cnc3c2CCCC3)c1C(=O)O. The molecule has 19 heavy (non-hydrogen) atoms. The number of fused-ring (bicyclic) bond motifs is 1. The second-order valence-electron chi connectivity index (χ2n) is 4.85. The fraction of sp³-hybridized carbons (Fsp3) is 0.357. The van der Waals surface area contributed by atoms with Crippen molar-refractivity contribution in [1.82, 2.24) is 14.5 Å². The van der Waals surface area contributed by atoms with E-state index in [-0.39, 0.29) is 5.56 Å². The Hall–Kier alpha value is -2.17. The van der Waals surface area contributed by atoms with Gasteiger partial charge >= 0.3 is 5.97 Å². The van der Waals surface area contributed by atoms with Crippen LogP contribution in [0.15, 0.2) is 18.6 Å². The molecule has 0 unspecified atom stereocenters. The van der Waals surface area contributed by atoms with Gasteiger partial charge in [-0.2, -0.15) is 0 Å². The molecule has 0 saturated carbocycles. The Bertz CT molecular complexity index is 646. The van der Waals surface area contributed by atoms with Gasteiger partial charge in [0, 0.05) is 11.9 Å². The predicted molar refractivity (Wildman–Crippen MR) is 69.7 cm³/mol. The maximum atomic E-state index is 11.4. The van der Waals surface area contributed by atoms with E-state index in [2.05, 4.69) is 9.97 Å². The highest BCUT2D eigenvalue weighted by atomic mass is 16.4. The number of carboxylic acids is 1. The molecule has 0 atom stereocenters. The monoisotopic (exact) mass is 257 g/mol. The average Bonchev–Trinajstić information content (AvgIpc) is 2.81. The van der Waals surface area contributed by atoms with Gasteiger partial charge in [0.1, 0.15) is 11.9 Å². The Morgan fingerprint density at radius 2 is 2.11 bits per heavy atom. The van der Waals surface area contributed by atoms with E-state index in [0.29, 0.717) is 5.82 Å². The van der Waals surface area contributed by atoms with E-state index in [1.807, 2.05) is 4.57 Å². The fourth-order valence-electron chi connectivity index (χ4n) is 2.64. The molecule has 0 bridgehead atoms. The molecule has 2 aromatic rings. The van der Waals surface area contributed by atoms with Crippen molar-refractivity contribution in [3.05, 3.63) is 41.1 Å². The second-order valence-corrected chi connectivity index (χ2v) is 4.85. The van der Waals surface area contributed by atoms with Crippen molar-refractivity contribution in [3.63, 3.8) is 0 Å². The lowest BCUT2D eigenvalue weighted by Crippen LogP contribution is -2.13. The first-order valence-corrected chi connectivity index (χ1v) is 6.43. The second kappa shape index (κ2) is 4.50. The van der Waals surface area contributed by atoms with Crippen LogP contribution in [-0.2, 0) is 12.8 Å². The summed E-state index contributed by atoms with van der Waals surface area (Å²) in [6.07, 6.45) is 7.51. The molecule has 0 amide bonds. The summed E-state index contributed by atoms with van der Waals surface area (Å²) in [7, 11) is 0. The van der Waals surface area contributed by atoms with Gasteiger partial charge in [0.05, 0.1) is 5.69 Å². The maximum Gasteiger partial charge on any atom is 0.339 e. The number of carbonyl (C=O) groups is 1. The van der Waals surface area contributed by atoms with Crippen molar-refractivity contribution < 1.29 is 9.90 Å². The van der Waals surface area contributed by atoms with Gasteiger partial charge in [-0.3, -0.25) is 4.57 Å². The van der Waals surface area contributed by atoms with Gasteiger partial charge in [-0.15, -0.1) is 0 Å². The minimum absolute atomic E-state index is 0.258. The molecule has 2 aromatic heterocycles. The number of aromatic carboxylic acids is 1. The van der Waals surface area contributed by atoms with E-state index in [4.69, 9.17) is 0 Å². The molecule has 1 N–H and O–H groups in total. The van der Waals surface area contributed by atoms with Crippen LogP contribution in [-0.4, -0.2) is 25.6 Å². The summed E-state index contributed by atoms with van der Waals surface area (Å²) in [5, 5.41) is 9.38. The molecule has 1 aliphatic carbocycles. The van der Waals surface area contributed by atoms with Crippen LogP contribution < -0.4 is 0 Å². The number of nitrogens with zero attached hydrogens (tertiary/aromatic N) is 3. The van der Waals surface area contributed by atoms with Crippen LogP contribution in [0.5, 0.6) is 0 Å². The van der Waals surface area contributed by atoms with Crippen LogP contribution in [0.25, 0.3) is 5.82 Å². The van der Waals surface area contributed by atoms with Gasteiger partial charge in [0.25, 0.3) is 0 Å². The molecular formula is C14H15N3O2. The molecule has 2 heterocycles. The quantitative estimate of drug-likeness (QED) is 0.895. The van der Waals surface area contributed by atoms with Crippen LogP contribution in [0.4, 0.5) is 0 Å². The Kier molecular flexibility index (Phi) is 2.81. The minimum atomic E-state index is -0.946. The molecule has 0 aliphatic heterocycles. The Morgan fingerprint density at radius 1 is 1.32 bits per heavy atom. The molecular weight excluding hydrogens is 242 g/mol. The molecule has 0 spiro atoms. The lowest BCUT2D eigenvalue weighted by Gasteiger charge is -2.15. The summed E-state index contributed by atoms with van der Waals surface area (Å²) in [5.74, 6) is -0.470. The van der Waals surface area contributed by atoms with Crippen LogP contribution in [0.2, 0.25) is 0 Å². The topological polar surface area (TPSA) is 68.0 Å². The average molecular weight is 257 g/mol. The Balaban J connectivity index is 2.20. The summed E-state index contributed by atoms with van der Waals surface area (Å²) < 4.78 is 1.84. The number of pyridine rings is 1. The number of imidazole rings is 1. The van der Waals surface area contributed by atoms with Crippen molar-refractivity contribution in [3.8, 4) is 5.82 Å². The molecule has 0 fully saturated rings. The highest BCUT2D eigenvalue weighted by Crippen LogP contribution is 2.24. The summed E-state index contributed by atoms with van der Waals surface area (Å²) in [6, 6.07) is 1.72. The van der Waals surface area contributed by atoms with E-state index < -0.39 is 5.97 Å². The maximum absolute atomic E-state index is 11.4. The van der Waals surface area contributed by atoms with E-state index in [0.717, 1.165) is 42.6 Å². The van der Waals surface area contributed by atoms with Crippen molar-refractivity contribution in [2.45, 2.75) is 32.6 Å². The number of hydrogen-bond donors (Lipinski definition) is 1. The Labute approximate surface area is 110 Å². The zero-order valence-electron chi connectivity index (χ0n) is 10.8. The summed E-state index contributed by atoms with van der Waals surface area (Å²) >= 11 is 0. The van der Waals surface area contributed by atoms with Gasteiger partial charge in [-0.05, 0) is 44.2 Å². The first-order chi connectivity index (χ1) is 9.18. The van der Waals surface area contributed by atoms with Crippen LogP contribution >= 0.6 is 0 Å². The molecule has 5 nitrogen and oxygen atoms in total. The molecule has 1 aliphatic rings. The summed E-state index contributed by atoms with van der Waals surface area (Å²) in [4.78, 5) is 20.1. The third-order valence-corrected chi connectivity index (χ3v) is 3.61. The number of carboxylic acid groups (broad SMARTS) is 1. The van der Waals surface area contributed by atoms with Crippen molar-refractivity contribution in [2.75, 3.05) is 0 Å². The predicted octanol–water partition coefficient (Wildman–Crippen LogP) is 2.15. The lowest BCUT2D eigenvalue weighted by atomic mass is 10.0. The number of rotatable bonds is 2. The van der Waals surface area contributed by atoms with E-state index in [1.165, 1.54) is 0 Å². The van der Waals surface area contributed by atoms with Gasteiger partial charge < -0.3 is 5.11 Å². The minimum Gasteiger partial charge on any atom is -0.478 e. The number of hydrogen-bond acceptors (Lipinski definition) is 3. The molecule has 5 heteroatoms. The zero-order chi connectivity index (χ0) is 13.4. The number of aryl methyl sites for hydroxylation is 2. The van der Waals surface area contributed by atoms with Crippen LogP contribution in [0.1, 0.15) is 40.2 Å². The standard InChI is InChI=1S/C14H15N3O2/c1-9-6-7-15-13(12(9)14(18)19)17-8-16-10-4-2-3-5-11(10)17/h6-8H,2-5H2,1H3,(H,18,19). The largest absolute Gasteiger partial charge is 0.478 e. The molecule has 0 saturated heterocycles. The highest BCUT2D eigenvalue weighted by molar-refractivity contribution is 5.92. The normalized spacial score (nSPS) is 14.2. The van der Waals surface area contributed by atoms with Crippen molar-refractivity contribution in [1.29, 1.82) is 0 Å². The highest BCUT2D eigenvalue weighted by Gasteiger charge is 2.21. The fourth-order valence-corrected chi connectivity index (χ4v) is 2.64. The zero-order valence-corrected chi connectivity index (χ0v) is 10.8. The van der Waals surface area contributed by atoms with Crippen LogP contribution in [0.3, 0.4) is 0 Å². The third kappa shape index (κ3) is 1.91. The van der Waals surface area contributed by atoms with Gasteiger partial charge in [0.2, 0.25) is 0 Å². The van der Waals surface area contributed by atoms with Gasteiger partial charge in [-0.25, -0.2) is 14.8 Å². The molecule has 3 rings (SSSR count). The number of aromatic nitrogens is 3.